The standard InChI is InChI=1S/C17H24N2O4/c1-12(11-22-3)18-17(21)13(2)19-16(20)10-7-14-5-8-15(23-4)9-6-14/h5-10,12-13H,11H2,1-4H3,(H,18,21)(H,19,20)/b10-7+. The normalized spacial score (nSPS) is 13.4. The maximum Gasteiger partial charge on any atom is 0.244 e. The van der Waals surface area contributed by atoms with Crippen LogP contribution in [-0.2, 0) is 14.3 Å². The Labute approximate surface area is 136 Å². The van der Waals surface area contributed by atoms with Gasteiger partial charge >= 0.3 is 0 Å². The fourth-order valence-electron chi connectivity index (χ4n) is 1.87. The van der Waals surface area contributed by atoms with Crippen molar-refractivity contribution >= 4 is 17.9 Å². The predicted molar refractivity (Wildman–Crippen MR) is 89.1 cm³/mol. The molecule has 0 aromatic heterocycles. The molecule has 0 saturated heterocycles. The van der Waals surface area contributed by atoms with Gasteiger partial charge in [-0.2, -0.15) is 0 Å². The Balaban J connectivity index is 2.47. The molecule has 0 radical (unpaired) electrons. The first-order chi connectivity index (χ1) is 11.0. The van der Waals surface area contributed by atoms with Crippen molar-refractivity contribution in [3.63, 3.8) is 0 Å². The lowest BCUT2D eigenvalue weighted by Gasteiger charge is -2.17. The number of amides is 2. The van der Waals surface area contributed by atoms with Gasteiger partial charge < -0.3 is 20.1 Å². The van der Waals surface area contributed by atoms with Crippen LogP contribution in [0.15, 0.2) is 30.3 Å². The number of carbonyl (C=O) groups excluding carboxylic acids is 2. The third kappa shape index (κ3) is 6.97. The van der Waals surface area contributed by atoms with Gasteiger partial charge in [0.2, 0.25) is 11.8 Å². The summed E-state index contributed by atoms with van der Waals surface area (Å²) in [4.78, 5) is 23.7. The molecule has 1 aromatic rings. The third-order valence-electron chi connectivity index (χ3n) is 3.10. The Kier molecular flexibility index (Phi) is 7.83. The van der Waals surface area contributed by atoms with E-state index in [0.29, 0.717) is 6.61 Å². The van der Waals surface area contributed by atoms with E-state index >= 15 is 0 Å². The van der Waals surface area contributed by atoms with Crippen molar-refractivity contribution in [3.8, 4) is 5.75 Å². The van der Waals surface area contributed by atoms with E-state index in [4.69, 9.17) is 9.47 Å². The molecule has 0 heterocycles. The number of hydrogen-bond acceptors (Lipinski definition) is 4. The topological polar surface area (TPSA) is 76.7 Å². The quantitative estimate of drug-likeness (QED) is 0.709. The van der Waals surface area contributed by atoms with Gasteiger partial charge in [0.25, 0.3) is 0 Å². The summed E-state index contributed by atoms with van der Waals surface area (Å²) in [6.07, 6.45) is 3.07. The van der Waals surface area contributed by atoms with Crippen LogP contribution in [-0.4, -0.2) is 44.7 Å². The van der Waals surface area contributed by atoms with Crippen LogP contribution in [0.2, 0.25) is 0 Å². The van der Waals surface area contributed by atoms with Crippen molar-refractivity contribution in [1.82, 2.24) is 10.6 Å². The summed E-state index contributed by atoms with van der Waals surface area (Å²) >= 11 is 0. The summed E-state index contributed by atoms with van der Waals surface area (Å²) in [6, 6.07) is 6.57. The van der Waals surface area contributed by atoms with E-state index in [-0.39, 0.29) is 17.9 Å². The van der Waals surface area contributed by atoms with Crippen molar-refractivity contribution in [3.05, 3.63) is 35.9 Å². The smallest absolute Gasteiger partial charge is 0.244 e. The largest absolute Gasteiger partial charge is 0.497 e. The van der Waals surface area contributed by atoms with Gasteiger partial charge in [-0.3, -0.25) is 9.59 Å². The van der Waals surface area contributed by atoms with E-state index in [1.807, 2.05) is 31.2 Å². The summed E-state index contributed by atoms with van der Waals surface area (Å²) in [6.45, 7) is 3.89. The summed E-state index contributed by atoms with van der Waals surface area (Å²) in [5, 5.41) is 5.37. The highest BCUT2D eigenvalue weighted by molar-refractivity contribution is 5.95. The van der Waals surface area contributed by atoms with Crippen molar-refractivity contribution in [2.75, 3.05) is 20.8 Å². The number of methoxy groups -OCH3 is 2. The van der Waals surface area contributed by atoms with Crippen LogP contribution >= 0.6 is 0 Å². The van der Waals surface area contributed by atoms with Gasteiger partial charge in [-0.05, 0) is 37.6 Å². The minimum absolute atomic E-state index is 0.110. The summed E-state index contributed by atoms with van der Waals surface area (Å²) < 4.78 is 10.0. The first kappa shape index (κ1) is 18.7. The van der Waals surface area contributed by atoms with Gasteiger partial charge in [0, 0.05) is 19.2 Å². The molecule has 0 fully saturated rings. The molecule has 1 aromatic carbocycles. The van der Waals surface area contributed by atoms with Gasteiger partial charge in [-0.15, -0.1) is 0 Å². The number of benzene rings is 1. The van der Waals surface area contributed by atoms with E-state index in [0.717, 1.165) is 11.3 Å². The number of carbonyl (C=O) groups is 2. The molecule has 0 spiro atoms. The number of ether oxygens (including phenoxy) is 2. The first-order valence-electron chi connectivity index (χ1n) is 7.38. The maximum absolute atomic E-state index is 11.9. The highest BCUT2D eigenvalue weighted by atomic mass is 16.5. The molecule has 1 rings (SSSR count). The Morgan fingerprint density at radius 3 is 2.35 bits per heavy atom. The molecule has 0 aliphatic heterocycles. The molecule has 126 valence electrons. The SMILES string of the molecule is COCC(C)NC(=O)C(C)NC(=O)/C=C/c1ccc(OC)cc1. The van der Waals surface area contributed by atoms with Crippen LogP contribution in [0, 0.1) is 0 Å². The molecule has 0 bridgehead atoms. The molecule has 2 N–H and O–H groups in total. The van der Waals surface area contributed by atoms with Gasteiger partial charge in [-0.25, -0.2) is 0 Å². The van der Waals surface area contributed by atoms with Crippen molar-refractivity contribution < 1.29 is 19.1 Å². The van der Waals surface area contributed by atoms with E-state index in [1.165, 1.54) is 6.08 Å². The second kappa shape index (κ2) is 9.63. The summed E-state index contributed by atoms with van der Waals surface area (Å²) in [7, 11) is 3.16. The minimum atomic E-state index is -0.623. The van der Waals surface area contributed by atoms with E-state index in [2.05, 4.69) is 10.6 Å². The average Bonchev–Trinajstić information content (AvgIpc) is 2.53. The van der Waals surface area contributed by atoms with Crippen LogP contribution < -0.4 is 15.4 Å². The van der Waals surface area contributed by atoms with Crippen LogP contribution in [0.4, 0.5) is 0 Å². The van der Waals surface area contributed by atoms with Gasteiger partial charge in [-0.1, -0.05) is 12.1 Å². The third-order valence-corrected chi connectivity index (χ3v) is 3.10. The van der Waals surface area contributed by atoms with Crippen molar-refractivity contribution in [2.24, 2.45) is 0 Å². The lowest BCUT2D eigenvalue weighted by Crippen LogP contribution is -2.48. The lowest BCUT2D eigenvalue weighted by atomic mass is 10.2. The number of nitrogens with one attached hydrogen (secondary N) is 2. The Hall–Kier alpha value is -2.34. The van der Waals surface area contributed by atoms with E-state index in [1.54, 1.807) is 27.2 Å². The first-order valence-corrected chi connectivity index (χ1v) is 7.38. The van der Waals surface area contributed by atoms with Crippen LogP contribution in [0.3, 0.4) is 0 Å². The van der Waals surface area contributed by atoms with E-state index in [9.17, 15) is 9.59 Å². The molecule has 2 amide bonds. The lowest BCUT2D eigenvalue weighted by molar-refractivity contribution is -0.127. The fourth-order valence-corrected chi connectivity index (χ4v) is 1.87. The fraction of sp³-hybridized carbons (Fsp3) is 0.412. The second-order valence-electron chi connectivity index (χ2n) is 5.20. The molecule has 23 heavy (non-hydrogen) atoms. The number of rotatable bonds is 8. The molecular formula is C17H24N2O4. The maximum atomic E-state index is 11.9. The zero-order valence-corrected chi connectivity index (χ0v) is 14.0. The average molecular weight is 320 g/mol. The Morgan fingerprint density at radius 2 is 1.78 bits per heavy atom. The molecule has 0 aliphatic rings. The predicted octanol–water partition coefficient (Wildman–Crippen LogP) is 1.36. The zero-order chi connectivity index (χ0) is 17.2. The molecule has 2 unspecified atom stereocenters. The van der Waals surface area contributed by atoms with E-state index < -0.39 is 6.04 Å². The molecular weight excluding hydrogens is 296 g/mol. The highest BCUT2D eigenvalue weighted by Crippen LogP contribution is 2.12. The monoisotopic (exact) mass is 320 g/mol. The minimum Gasteiger partial charge on any atom is -0.497 e. The molecule has 6 nitrogen and oxygen atoms in total. The van der Waals surface area contributed by atoms with Gasteiger partial charge in [0.05, 0.1) is 13.7 Å². The Morgan fingerprint density at radius 1 is 1.13 bits per heavy atom. The van der Waals surface area contributed by atoms with Crippen molar-refractivity contribution in [2.45, 2.75) is 25.9 Å². The number of hydrogen-bond donors (Lipinski definition) is 2. The second-order valence-corrected chi connectivity index (χ2v) is 5.20. The molecule has 0 aliphatic carbocycles. The zero-order valence-electron chi connectivity index (χ0n) is 14.0. The molecule has 0 saturated carbocycles. The van der Waals surface area contributed by atoms with Gasteiger partial charge in [0.15, 0.2) is 0 Å². The molecule has 2 atom stereocenters. The molecule has 6 heteroatoms. The Bertz CT molecular complexity index is 540. The summed E-state index contributed by atoms with van der Waals surface area (Å²) in [5.74, 6) is 0.172. The van der Waals surface area contributed by atoms with Crippen LogP contribution in [0.5, 0.6) is 5.75 Å². The highest BCUT2D eigenvalue weighted by Gasteiger charge is 2.16. The van der Waals surface area contributed by atoms with Gasteiger partial charge in [0.1, 0.15) is 11.8 Å². The van der Waals surface area contributed by atoms with Crippen molar-refractivity contribution in [1.29, 1.82) is 0 Å². The summed E-state index contributed by atoms with van der Waals surface area (Å²) in [5.41, 5.74) is 0.867. The van der Waals surface area contributed by atoms with Crippen LogP contribution in [0.1, 0.15) is 19.4 Å². The van der Waals surface area contributed by atoms with Crippen LogP contribution in [0.25, 0.3) is 6.08 Å².